The van der Waals surface area contributed by atoms with Crippen LogP contribution in [0.2, 0.25) is 0 Å². The zero-order chi connectivity index (χ0) is 17.5. The molecule has 2 nitrogen and oxygen atoms in total. The highest BCUT2D eigenvalue weighted by Gasteiger charge is 2.28. The molecule has 2 aromatic rings. The molecule has 0 aliphatic carbocycles. The minimum absolute atomic E-state index is 0.0379. The van der Waals surface area contributed by atoms with E-state index in [1.165, 1.54) is 79.9 Å². The Labute approximate surface area is 153 Å². The van der Waals surface area contributed by atoms with Gasteiger partial charge in [0.05, 0.1) is 0 Å². The van der Waals surface area contributed by atoms with Gasteiger partial charge in [0.15, 0.2) is 0 Å². The summed E-state index contributed by atoms with van der Waals surface area (Å²) >= 11 is 0. The third-order valence-electron chi connectivity index (χ3n) is 5.51. The Balaban J connectivity index is 1.45. The van der Waals surface area contributed by atoms with Gasteiger partial charge < -0.3 is 10.6 Å². The van der Waals surface area contributed by atoms with Crippen LogP contribution in [0.25, 0.3) is 10.8 Å². The minimum Gasteiger partial charge on any atom is -0.363 e. The molecule has 3 rings (SSSR count). The summed E-state index contributed by atoms with van der Waals surface area (Å²) in [5.74, 6) is 0. The fraction of sp³-hybridized carbons (Fsp3) is 0.565. The second kappa shape index (κ2) is 8.60. The summed E-state index contributed by atoms with van der Waals surface area (Å²) in [6, 6.07) is 13.1. The number of benzene rings is 2. The summed E-state index contributed by atoms with van der Waals surface area (Å²) in [4.78, 5) is 0. The lowest BCUT2D eigenvalue weighted by Gasteiger charge is -2.39. The van der Waals surface area contributed by atoms with Gasteiger partial charge in [-0.25, -0.2) is 0 Å². The van der Waals surface area contributed by atoms with Crippen molar-refractivity contribution in [2.24, 2.45) is 0 Å². The predicted octanol–water partition coefficient (Wildman–Crippen LogP) is 7.31. The van der Waals surface area contributed by atoms with Crippen molar-refractivity contribution < 1.29 is 0 Å². The maximum atomic E-state index is 3.75. The van der Waals surface area contributed by atoms with E-state index in [0.717, 1.165) is 6.42 Å². The molecule has 0 spiro atoms. The van der Waals surface area contributed by atoms with Gasteiger partial charge in [-0.1, -0.05) is 82.6 Å². The molecular weight excluding hydrogens is 304 g/mol. The first-order valence-electron chi connectivity index (χ1n) is 10.3. The van der Waals surface area contributed by atoms with Gasteiger partial charge in [0.2, 0.25) is 0 Å². The van der Waals surface area contributed by atoms with Crippen LogP contribution in [0.4, 0.5) is 11.4 Å². The summed E-state index contributed by atoms with van der Waals surface area (Å²) in [6.45, 7) is 4.58. The molecule has 0 bridgehead atoms. The van der Waals surface area contributed by atoms with E-state index in [9.17, 15) is 0 Å². The van der Waals surface area contributed by atoms with Crippen LogP contribution >= 0.6 is 0 Å². The summed E-state index contributed by atoms with van der Waals surface area (Å²) in [5.41, 5.74) is 2.50. The molecule has 1 aliphatic rings. The molecule has 2 heteroatoms. The van der Waals surface area contributed by atoms with Gasteiger partial charge in [0.1, 0.15) is 5.66 Å². The maximum absolute atomic E-state index is 3.75. The van der Waals surface area contributed by atoms with Crippen LogP contribution in [0.15, 0.2) is 36.4 Å². The first kappa shape index (κ1) is 18.1. The van der Waals surface area contributed by atoms with Crippen LogP contribution in [0, 0.1) is 0 Å². The Kier molecular flexibility index (Phi) is 6.23. The molecule has 0 aromatic heterocycles. The molecule has 0 saturated heterocycles. The summed E-state index contributed by atoms with van der Waals surface area (Å²) in [6.07, 6.45) is 13.6. The van der Waals surface area contributed by atoms with Crippen molar-refractivity contribution in [3.05, 3.63) is 36.4 Å². The minimum atomic E-state index is -0.0379. The zero-order valence-electron chi connectivity index (χ0n) is 16.0. The Morgan fingerprint density at radius 1 is 0.720 bits per heavy atom. The molecule has 1 aliphatic heterocycles. The number of nitrogens with one attached hydrogen (secondary N) is 2. The second-order valence-corrected chi connectivity index (χ2v) is 7.87. The third kappa shape index (κ3) is 4.68. The number of unbranched alkanes of at least 4 members (excludes halogenated alkanes) is 8. The van der Waals surface area contributed by atoms with Gasteiger partial charge in [-0.15, -0.1) is 0 Å². The lowest BCUT2D eigenvalue weighted by molar-refractivity contribution is 0.479. The van der Waals surface area contributed by atoms with E-state index >= 15 is 0 Å². The fourth-order valence-corrected chi connectivity index (χ4v) is 4.09. The molecule has 25 heavy (non-hydrogen) atoms. The molecule has 1 heterocycles. The van der Waals surface area contributed by atoms with E-state index in [1.54, 1.807) is 0 Å². The first-order chi connectivity index (χ1) is 12.2. The van der Waals surface area contributed by atoms with E-state index < -0.39 is 0 Å². The van der Waals surface area contributed by atoms with Crippen LogP contribution in [0.1, 0.15) is 78.1 Å². The number of anilines is 2. The van der Waals surface area contributed by atoms with Gasteiger partial charge in [-0.05, 0) is 37.3 Å². The average Bonchev–Trinajstić information content (AvgIpc) is 2.60. The third-order valence-corrected chi connectivity index (χ3v) is 5.51. The van der Waals surface area contributed by atoms with Gasteiger partial charge in [0.25, 0.3) is 0 Å². The quantitative estimate of drug-likeness (QED) is 0.444. The van der Waals surface area contributed by atoms with Gasteiger partial charge in [-0.2, -0.15) is 0 Å². The molecule has 2 N–H and O–H groups in total. The van der Waals surface area contributed by atoms with Crippen LogP contribution < -0.4 is 10.6 Å². The normalized spacial score (nSPS) is 15.0. The van der Waals surface area contributed by atoms with E-state index in [-0.39, 0.29) is 5.66 Å². The van der Waals surface area contributed by atoms with Crippen LogP contribution in [-0.4, -0.2) is 5.66 Å². The van der Waals surface area contributed by atoms with Gasteiger partial charge >= 0.3 is 0 Å². The van der Waals surface area contributed by atoms with Crippen molar-refractivity contribution in [1.82, 2.24) is 0 Å². The number of hydrogen-bond acceptors (Lipinski definition) is 2. The van der Waals surface area contributed by atoms with Gasteiger partial charge in [0, 0.05) is 16.8 Å². The van der Waals surface area contributed by atoms with Crippen LogP contribution in [0.3, 0.4) is 0 Å². The molecule has 2 aromatic carbocycles. The van der Waals surface area contributed by atoms with Gasteiger partial charge in [-0.3, -0.25) is 0 Å². The monoisotopic (exact) mass is 338 g/mol. The molecule has 136 valence electrons. The topological polar surface area (TPSA) is 24.1 Å². The molecule has 0 fully saturated rings. The SMILES string of the molecule is CCCCCCCCCCCC1(C)Nc2cccc3cccc(c23)N1. The smallest absolute Gasteiger partial charge is 0.105 e. The molecule has 0 amide bonds. The van der Waals surface area contributed by atoms with Crippen LogP contribution in [-0.2, 0) is 0 Å². The molecule has 0 unspecified atom stereocenters. The Bertz CT molecular complexity index is 636. The van der Waals surface area contributed by atoms with E-state index in [2.05, 4.69) is 60.9 Å². The molecular formula is C23H34N2. The molecule has 0 saturated carbocycles. The predicted molar refractivity (Wildman–Crippen MR) is 111 cm³/mol. The molecule has 0 radical (unpaired) electrons. The van der Waals surface area contributed by atoms with Crippen molar-refractivity contribution >= 4 is 22.1 Å². The van der Waals surface area contributed by atoms with Crippen molar-refractivity contribution in [2.75, 3.05) is 10.6 Å². The fourth-order valence-electron chi connectivity index (χ4n) is 4.09. The largest absolute Gasteiger partial charge is 0.363 e. The average molecular weight is 339 g/mol. The summed E-state index contributed by atoms with van der Waals surface area (Å²) in [5, 5.41) is 10.1. The highest BCUT2D eigenvalue weighted by Crippen LogP contribution is 2.38. The van der Waals surface area contributed by atoms with Crippen molar-refractivity contribution in [1.29, 1.82) is 0 Å². The Hall–Kier alpha value is -1.70. The van der Waals surface area contributed by atoms with Crippen molar-refractivity contribution in [3.8, 4) is 0 Å². The highest BCUT2D eigenvalue weighted by molar-refractivity contribution is 6.05. The Morgan fingerprint density at radius 3 is 1.80 bits per heavy atom. The highest BCUT2D eigenvalue weighted by atomic mass is 15.2. The standard InChI is InChI=1S/C23H34N2/c1-3-4-5-6-7-8-9-10-11-18-23(2)24-20-16-12-14-19-15-13-17-21(25-23)22(19)20/h12-17,24-25H,3-11,18H2,1-2H3. The number of hydrogen-bond donors (Lipinski definition) is 2. The van der Waals surface area contributed by atoms with Crippen molar-refractivity contribution in [3.63, 3.8) is 0 Å². The molecule has 0 atom stereocenters. The zero-order valence-corrected chi connectivity index (χ0v) is 16.0. The second-order valence-electron chi connectivity index (χ2n) is 7.87. The van der Waals surface area contributed by atoms with E-state index in [4.69, 9.17) is 0 Å². The van der Waals surface area contributed by atoms with E-state index in [0.29, 0.717) is 0 Å². The van der Waals surface area contributed by atoms with Crippen molar-refractivity contribution in [2.45, 2.75) is 83.7 Å². The summed E-state index contributed by atoms with van der Waals surface area (Å²) < 4.78 is 0. The van der Waals surface area contributed by atoms with E-state index in [1.807, 2.05) is 0 Å². The van der Waals surface area contributed by atoms with Crippen LogP contribution in [0.5, 0.6) is 0 Å². The summed E-state index contributed by atoms with van der Waals surface area (Å²) in [7, 11) is 0. The first-order valence-corrected chi connectivity index (χ1v) is 10.3. The Morgan fingerprint density at radius 2 is 1.24 bits per heavy atom. The lowest BCUT2D eigenvalue weighted by Crippen LogP contribution is -2.45. The lowest BCUT2D eigenvalue weighted by atomic mass is 9.96. The number of rotatable bonds is 10. The maximum Gasteiger partial charge on any atom is 0.105 e.